The molecule has 26 heavy (non-hydrogen) atoms. The Morgan fingerprint density at radius 3 is 2.73 bits per heavy atom. The lowest BCUT2D eigenvalue weighted by atomic mass is 10.1. The second-order valence-corrected chi connectivity index (χ2v) is 5.91. The van der Waals surface area contributed by atoms with Gasteiger partial charge >= 0.3 is 11.7 Å². The minimum atomic E-state index is -0.625. The molecule has 0 radical (unpaired) electrons. The first-order valence-electron chi connectivity index (χ1n) is 8.04. The van der Waals surface area contributed by atoms with Crippen molar-refractivity contribution < 1.29 is 18.4 Å². The Bertz CT molecular complexity index is 1140. The number of fused-ring (bicyclic) bond motifs is 2. The highest BCUT2D eigenvalue weighted by Crippen LogP contribution is 2.22. The van der Waals surface area contributed by atoms with Gasteiger partial charge < -0.3 is 13.6 Å². The van der Waals surface area contributed by atoms with Crippen LogP contribution in [-0.2, 0) is 11.3 Å². The minimum Gasteiger partial charge on any atom is -0.457 e. The van der Waals surface area contributed by atoms with E-state index in [0.717, 1.165) is 21.9 Å². The topological polar surface area (TPSA) is 81.7 Å². The molecule has 0 bridgehead atoms. The third-order valence-corrected chi connectivity index (χ3v) is 4.02. The monoisotopic (exact) mass is 349 g/mol. The molecule has 4 rings (SSSR count). The van der Waals surface area contributed by atoms with Crippen LogP contribution in [0.4, 0.5) is 10.5 Å². The van der Waals surface area contributed by atoms with Crippen molar-refractivity contribution in [1.82, 2.24) is 0 Å². The van der Waals surface area contributed by atoms with Crippen LogP contribution in [0.3, 0.4) is 0 Å². The molecule has 0 atom stereocenters. The number of benzene rings is 2. The molecule has 0 aliphatic heterocycles. The van der Waals surface area contributed by atoms with E-state index < -0.39 is 11.7 Å². The first-order chi connectivity index (χ1) is 12.6. The van der Waals surface area contributed by atoms with E-state index in [2.05, 4.69) is 5.32 Å². The first kappa shape index (κ1) is 16.0. The lowest BCUT2D eigenvalue weighted by Crippen LogP contribution is -2.13. The average molecular weight is 349 g/mol. The van der Waals surface area contributed by atoms with Crippen LogP contribution in [0.15, 0.2) is 68.2 Å². The fraction of sp³-hybridized carbons (Fsp3) is 0.100. The van der Waals surface area contributed by atoms with Gasteiger partial charge in [0.05, 0.1) is 0 Å². The second kappa shape index (κ2) is 6.40. The number of nitrogens with one attached hydrogen (secondary N) is 1. The lowest BCUT2D eigenvalue weighted by molar-refractivity contribution is 0.147. The molecule has 1 amide bonds. The van der Waals surface area contributed by atoms with Crippen molar-refractivity contribution in [1.29, 1.82) is 0 Å². The summed E-state index contributed by atoms with van der Waals surface area (Å²) in [6.45, 7) is 1.84. The Hall–Kier alpha value is -3.54. The molecular weight excluding hydrogens is 334 g/mol. The van der Waals surface area contributed by atoms with Crippen LogP contribution < -0.4 is 10.9 Å². The predicted molar refractivity (Wildman–Crippen MR) is 97.2 cm³/mol. The van der Waals surface area contributed by atoms with Crippen LogP contribution in [0.25, 0.3) is 21.9 Å². The maximum Gasteiger partial charge on any atom is 0.412 e. The van der Waals surface area contributed by atoms with Gasteiger partial charge in [-0.3, -0.25) is 5.32 Å². The number of carbonyl (C=O) groups is 1. The number of hydrogen-bond donors (Lipinski definition) is 1. The number of ether oxygens (including phenoxy) is 1. The highest BCUT2D eigenvalue weighted by molar-refractivity contribution is 5.89. The summed E-state index contributed by atoms with van der Waals surface area (Å²) in [4.78, 5) is 23.5. The molecule has 6 heteroatoms. The molecule has 0 fully saturated rings. The van der Waals surface area contributed by atoms with E-state index in [4.69, 9.17) is 13.6 Å². The fourth-order valence-corrected chi connectivity index (χ4v) is 2.80. The smallest absolute Gasteiger partial charge is 0.412 e. The van der Waals surface area contributed by atoms with Crippen molar-refractivity contribution >= 4 is 33.7 Å². The average Bonchev–Trinajstić information content (AvgIpc) is 3.02. The van der Waals surface area contributed by atoms with Gasteiger partial charge in [-0.2, -0.15) is 0 Å². The van der Waals surface area contributed by atoms with E-state index in [-0.39, 0.29) is 6.61 Å². The quantitative estimate of drug-likeness (QED) is 0.547. The number of rotatable bonds is 3. The van der Waals surface area contributed by atoms with Gasteiger partial charge in [0.15, 0.2) is 6.61 Å². The summed E-state index contributed by atoms with van der Waals surface area (Å²) in [5.41, 5.74) is 2.01. The number of aryl methyl sites for hydroxylation is 1. The number of carbonyl (C=O) groups excluding carboxylic acids is 1. The van der Waals surface area contributed by atoms with Crippen LogP contribution >= 0.6 is 0 Å². The summed E-state index contributed by atoms with van der Waals surface area (Å²) >= 11 is 0. The van der Waals surface area contributed by atoms with Gasteiger partial charge in [0.1, 0.15) is 16.9 Å². The van der Waals surface area contributed by atoms with Crippen molar-refractivity contribution in [2.75, 3.05) is 5.32 Å². The van der Waals surface area contributed by atoms with E-state index in [1.54, 1.807) is 18.2 Å². The van der Waals surface area contributed by atoms with Gasteiger partial charge in [-0.05, 0) is 36.8 Å². The summed E-state index contributed by atoms with van der Waals surface area (Å²) in [7, 11) is 0. The highest BCUT2D eigenvalue weighted by atomic mass is 16.6. The van der Waals surface area contributed by atoms with Crippen molar-refractivity contribution in [2.45, 2.75) is 13.5 Å². The molecule has 0 aliphatic rings. The lowest BCUT2D eigenvalue weighted by Gasteiger charge is -2.07. The Kier molecular flexibility index (Phi) is 3.93. The van der Waals surface area contributed by atoms with Crippen molar-refractivity contribution in [3.63, 3.8) is 0 Å². The Labute approximate surface area is 148 Å². The van der Waals surface area contributed by atoms with Crippen LogP contribution in [0.5, 0.6) is 0 Å². The molecule has 130 valence electrons. The molecule has 2 heterocycles. The molecule has 0 spiro atoms. The number of hydrogen-bond acceptors (Lipinski definition) is 5. The summed E-state index contributed by atoms with van der Waals surface area (Å²) in [5, 5.41) is 4.37. The number of furan rings is 1. The SMILES string of the molecule is Cc1cc(=O)oc2cc(NC(=O)OCc3cc4ccccc4o3)ccc12. The van der Waals surface area contributed by atoms with Gasteiger partial charge in [-0.1, -0.05) is 18.2 Å². The van der Waals surface area contributed by atoms with E-state index in [0.29, 0.717) is 17.0 Å². The van der Waals surface area contributed by atoms with Crippen molar-refractivity contribution in [2.24, 2.45) is 0 Å². The van der Waals surface area contributed by atoms with Crippen LogP contribution in [0.1, 0.15) is 11.3 Å². The van der Waals surface area contributed by atoms with E-state index in [1.165, 1.54) is 6.07 Å². The second-order valence-electron chi connectivity index (χ2n) is 5.91. The molecule has 2 aromatic carbocycles. The largest absolute Gasteiger partial charge is 0.457 e. The van der Waals surface area contributed by atoms with Gasteiger partial charge in [-0.15, -0.1) is 0 Å². The highest BCUT2D eigenvalue weighted by Gasteiger charge is 2.09. The molecular formula is C20H15NO5. The van der Waals surface area contributed by atoms with E-state index in [9.17, 15) is 9.59 Å². The zero-order chi connectivity index (χ0) is 18.1. The zero-order valence-corrected chi connectivity index (χ0v) is 13.9. The number of anilines is 1. The third-order valence-electron chi connectivity index (χ3n) is 4.02. The Morgan fingerprint density at radius 2 is 1.88 bits per heavy atom. The number of amides is 1. The van der Waals surface area contributed by atoms with Crippen LogP contribution in [-0.4, -0.2) is 6.09 Å². The predicted octanol–water partition coefficient (Wildman–Crippen LogP) is 4.60. The molecule has 6 nitrogen and oxygen atoms in total. The van der Waals surface area contributed by atoms with Gasteiger partial charge in [0.2, 0.25) is 0 Å². The van der Waals surface area contributed by atoms with Gasteiger partial charge in [0.25, 0.3) is 0 Å². The molecule has 2 aromatic heterocycles. The summed E-state index contributed by atoms with van der Waals surface area (Å²) in [5.74, 6) is 0.557. The van der Waals surface area contributed by atoms with Gasteiger partial charge in [-0.25, -0.2) is 9.59 Å². The van der Waals surface area contributed by atoms with Crippen molar-refractivity contribution in [3.05, 3.63) is 76.3 Å². The van der Waals surface area contributed by atoms with E-state index >= 15 is 0 Å². The summed E-state index contributed by atoms with van der Waals surface area (Å²) in [6.07, 6.45) is -0.625. The molecule has 0 aliphatic carbocycles. The van der Waals surface area contributed by atoms with Gasteiger partial charge in [0, 0.05) is 28.6 Å². The molecule has 0 saturated carbocycles. The Balaban J connectivity index is 1.46. The molecule has 0 unspecified atom stereocenters. The maximum absolute atomic E-state index is 12.0. The zero-order valence-electron chi connectivity index (χ0n) is 13.9. The van der Waals surface area contributed by atoms with E-state index in [1.807, 2.05) is 37.3 Å². The summed E-state index contributed by atoms with van der Waals surface area (Å²) in [6, 6.07) is 15.9. The molecule has 0 saturated heterocycles. The molecule has 1 N–H and O–H groups in total. The molecule has 4 aromatic rings. The fourth-order valence-electron chi connectivity index (χ4n) is 2.80. The maximum atomic E-state index is 12.0. The summed E-state index contributed by atoms with van der Waals surface area (Å²) < 4.78 is 15.9. The first-order valence-corrected chi connectivity index (χ1v) is 8.04. The third kappa shape index (κ3) is 3.17. The Morgan fingerprint density at radius 1 is 1.04 bits per heavy atom. The number of para-hydroxylation sites is 1. The minimum absolute atomic E-state index is 0.0162. The van der Waals surface area contributed by atoms with Crippen LogP contribution in [0, 0.1) is 6.92 Å². The van der Waals surface area contributed by atoms with Crippen molar-refractivity contribution in [3.8, 4) is 0 Å². The standard InChI is InChI=1S/C20H15NO5/c1-12-8-19(22)26-18-10-14(6-7-16(12)18)21-20(23)24-11-15-9-13-4-2-3-5-17(13)25-15/h2-10H,11H2,1H3,(H,21,23). The van der Waals surface area contributed by atoms with Crippen LogP contribution in [0.2, 0.25) is 0 Å². The normalized spacial score (nSPS) is 11.0.